The van der Waals surface area contributed by atoms with Crippen LogP contribution in [0.15, 0.2) is 30.5 Å². The highest BCUT2D eigenvalue weighted by atomic mass is 16.3. The molecule has 1 heterocycles. The number of amides is 1. The molecule has 0 aliphatic carbocycles. The van der Waals surface area contributed by atoms with Crippen LogP contribution in [0.4, 0.5) is 11.4 Å². The normalized spacial score (nSPS) is 10.3. The average Bonchev–Trinajstić information content (AvgIpc) is 2.70. The van der Waals surface area contributed by atoms with E-state index in [1.165, 1.54) is 12.1 Å². The van der Waals surface area contributed by atoms with Gasteiger partial charge in [-0.1, -0.05) is 6.07 Å². The molecule has 94 valence electrons. The summed E-state index contributed by atoms with van der Waals surface area (Å²) >= 11 is 0. The molecular formula is C12H14N4O2. The highest BCUT2D eigenvalue weighted by molar-refractivity contribution is 6.06. The molecule has 2 rings (SSSR count). The van der Waals surface area contributed by atoms with E-state index in [1.807, 2.05) is 6.92 Å². The van der Waals surface area contributed by atoms with Gasteiger partial charge in [0, 0.05) is 24.5 Å². The number of hydrogen-bond donors (Lipinski definition) is 3. The Morgan fingerprint density at radius 1 is 1.56 bits per heavy atom. The Kier molecular flexibility index (Phi) is 3.18. The average molecular weight is 246 g/mol. The van der Waals surface area contributed by atoms with E-state index in [0.29, 0.717) is 17.9 Å². The molecule has 4 N–H and O–H groups in total. The van der Waals surface area contributed by atoms with Gasteiger partial charge >= 0.3 is 0 Å². The predicted molar refractivity (Wildman–Crippen MR) is 68.4 cm³/mol. The van der Waals surface area contributed by atoms with E-state index in [-0.39, 0.29) is 11.4 Å². The van der Waals surface area contributed by atoms with Gasteiger partial charge in [-0.15, -0.1) is 0 Å². The molecule has 0 fully saturated rings. The SMILES string of the molecule is CCn1cc(N)c(C(=O)Nc2cccc(O)c2)n1. The Morgan fingerprint density at radius 2 is 2.33 bits per heavy atom. The van der Waals surface area contributed by atoms with Gasteiger partial charge in [0.1, 0.15) is 5.75 Å². The summed E-state index contributed by atoms with van der Waals surface area (Å²) in [5, 5.41) is 16.0. The van der Waals surface area contributed by atoms with Gasteiger partial charge in [-0.3, -0.25) is 9.48 Å². The number of phenols is 1. The van der Waals surface area contributed by atoms with Crippen LogP contribution in [-0.4, -0.2) is 20.8 Å². The molecule has 6 heteroatoms. The number of anilines is 2. The van der Waals surface area contributed by atoms with Crippen molar-refractivity contribution in [1.29, 1.82) is 0 Å². The topological polar surface area (TPSA) is 93.2 Å². The summed E-state index contributed by atoms with van der Waals surface area (Å²) in [6.45, 7) is 2.55. The molecule has 0 radical (unpaired) electrons. The fourth-order valence-corrected chi connectivity index (χ4v) is 1.55. The minimum absolute atomic E-state index is 0.0832. The molecular weight excluding hydrogens is 232 g/mol. The molecule has 0 atom stereocenters. The van der Waals surface area contributed by atoms with Crippen molar-refractivity contribution in [2.45, 2.75) is 13.5 Å². The first-order valence-corrected chi connectivity index (χ1v) is 5.53. The lowest BCUT2D eigenvalue weighted by Gasteiger charge is -2.03. The van der Waals surface area contributed by atoms with E-state index >= 15 is 0 Å². The maximum Gasteiger partial charge on any atom is 0.278 e. The summed E-state index contributed by atoms with van der Waals surface area (Å²) in [6, 6.07) is 6.28. The van der Waals surface area contributed by atoms with Crippen LogP contribution in [0.2, 0.25) is 0 Å². The van der Waals surface area contributed by atoms with Crippen LogP contribution in [0, 0.1) is 0 Å². The van der Waals surface area contributed by atoms with Gasteiger partial charge in [0.25, 0.3) is 5.91 Å². The predicted octanol–water partition coefficient (Wildman–Crippen LogP) is 1.44. The quantitative estimate of drug-likeness (QED) is 0.764. The van der Waals surface area contributed by atoms with Crippen molar-refractivity contribution in [3.05, 3.63) is 36.2 Å². The van der Waals surface area contributed by atoms with Gasteiger partial charge in [-0.25, -0.2) is 0 Å². The van der Waals surface area contributed by atoms with Crippen molar-refractivity contribution in [1.82, 2.24) is 9.78 Å². The summed E-state index contributed by atoms with van der Waals surface area (Å²) in [4.78, 5) is 11.9. The molecule has 2 aromatic rings. The van der Waals surface area contributed by atoms with Crippen molar-refractivity contribution < 1.29 is 9.90 Å². The zero-order chi connectivity index (χ0) is 13.1. The molecule has 0 saturated carbocycles. The number of benzene rings is 1. The molecule has 1 aromatic carbocycles. The van der Waals surface area contributed by atoms with E-state index in [4.69, 9.17) is 5.73 Å². The van der Waals surface area contributed by atoms with Crippen LogP contribution < -0.4 is 11.1 Å². The summed E-state index contributed by atoms with van der Waals surface area (Å²) in [5.41, 5.74) is 6.71. The van der Waals surface area contributed by atoms with Gasteiger partial charge in [-0.05, 0) is 19.1 Å². The number of aryl methyl sites for hydroxylation is 1. The molecule has 1 aromatic heterocycles. The zero-order valence-electron chi connectivity index (χ0n) is 9.92. The first kappa shape index (κ1) is 12.0. The maximum absolute atomic E-state index is 11.9. The van der Waals surface area contributed by atoms with Crippen LogP contribution in [0.1, 0.15) is 17.4 Å². The summed E-state index contributed by atoms with van der Waals surface area (Å²) in [5.74, 6) is -0.315. The van der Waals surface area contributed by atoms with Crippen LogP contribution in [0.25, 0.3) is 0 Å². The Bertz CT molecular complexity index is 577. The molecule has 0 aliphatic rings. The second kappa shape index (κ2) is 4.79. The smallest absolute Gasteiger partial charge is 0.278 e. The third kappa shape index (κ3) is 2.42. The lowest BCUT2D eigenvalue weighted by atomic mass is 10.3. The number of nitrogens with one attached hydrogen (secondary N) is 1. The number of phenolic OH excluding ortho intramolecular Hbond substituents is 1. The number of nitrogen functional groups attached to an aromatic ring is 1. The molecule has 1 amide bonds. The fraction of sp³-hybridized carbons (Fsp3) is 0.167. The first-order chi connectivity index (χ1) is 8.60. The fourth-order valence-electron chi connectivity index (χ4n) is 1.55. The minimum atomic E-state index is -0.398. The third-order valence-electron chi connectivity index (χ3n) is 2.43. The van der Waals surface area contributed by atoms with Crippen molar-refractivity contribution in [3.8, 4) is 5.75 Å². The molecule has 18 heavy (non-hydrogen) atoms. The van der Waals surface area contributed by atoms with Crippen LogP contribution in [0.3, 0.4) is 0 Å². The Hall–Kier alpha value is -2.50. The van der Waals surface area contributed by atoms with Crippen molar-refractivity contribution in [3.63, 3.8) is 0 Å². The van der Waals surface area contributed by atoms with Gasteiger partial charge in [-0.2, -0.15) is 5.10 Å². The Labute approximate surface area is 104 Å². The van der Waals surface area contributed by atoms with E-state index in [0.717, 1.165) is 0 Å². The molecule has 0 bridgehead atoms. The van der Waals surface area contributed by atoms with Crippen LogP contribution >= 0.6 is 0 Å². The monoisotopic (exact) mass is 246 g/mol. The molecule has 0 spiro atoms. The van der Waals surface area contributed by atoms with E-state index in [2.05, 4.69) is 10.4 Å². The highest BCUT2D eigenvalue weighted by Crippen LogP contribution is 2.17. The van der Waals surface area contributed by atoms with Crippen LogP contribution in [-0.2, 0) is 6.54 Å². The summed E-state index contributed by atoms with van der Waals surface area (Å²) in [6.07, 6.45) is 1.61. The third-order valence-corrected chi connectivity index (χ3v) is 2.43. The lowest BCUT2D eigenvalue weighted by molar-refractivity contribution is 0.102. The number of nitrogens with two attached hydrogens (primary N) is 1. The Morgan fingerprint density at radius 3 is 2.94 bits per heavy atom. The number of rotatable bonds is 3. The number of aromatic nitrogens is 2. The van der Waals surface area contributed by atoms with Crippen molar-refractivity contribution in [2.24, 2.45) is 0 Å². The second-order valence-electron chi connectivity index (χ2n) is 3.79. The van der Waals surface area contributed by atoms with E-state index in [9.17, 15) is 9.90 Å². The molecule has 0 unspecified atom stereocenters. The maximum atomic E-state index is 11.9. The summed E-state index contributed by atoms with van der Waals surface area (Å²) < 4.78 is 1.59. The van der Waals surface area contributed by atoms with Gasteiger partial charge < -0.3 is 16.2 Å². The van der Waals surface area contributed by atoms with Gasteiger partial charge in [0.2, 0.25) is 0 Å². The number of aromatic hydroxyl groups is 1. The first-order valence-electron chi connectivity index (χ1n) is 5.53. The van der Waals surface area contributed by atoms with Gasteiger partial charge in [0.15, 0.2) is 5.69 Å². The lowest BCUT2D eigenvalue weighted by Crippen LogP contribution is -2.14. The molecule has 6 nitrogen and oxygen atoms in total. The Balaban J connectivity index is 2.19. The number of hydrogen-bond acceptors (Lipinski definition) is 4. The largest absolute Gasteiger partial charge is 0.508 e. The number of carbonyl (C=O) groups is 1. The highest BCUT2D eigenvalue weighted by Gasteiger charge is 2.14. The van der Waals surface area contributed by atoms with Crippen LogP contribution in [0.5, 0.6) is 5.75 Å². The molecule has 0 saturated heterocycles. The van der Waals surface area contributed by atoms with E-state index < -0.39 is 5.91 Å². The number of carbonyl (C=O) groups excluding carboxylic acids is 1. The molecule has 0 aliphatic heterocycles. The number of nitrogens with zero attached hydrogens (tertiary/aromatic N) is 2. The second-order valence-corrected chi connectivity index (χ2v) is 3.79. The van der Waals surface area contributed by atoms with Crippen molar-refractivity contribution >= 4 is 17.3 Å². The van der Waals surface area contributed by atoms with E-state index in [1.54, 1.807) is 23.0 Å². The minimum Gasteiger partial charge on any atom is -0.508 e. The standard InChI is InChI=1S/C12H14N4O2/c1-2-16-7-10(13)11(15-16)12(18)14-8-4-3-5-9(17)6-8/h3-7,17H,2,13H2,1H3,(H,14,18). The summed E-state index contributed by atoms with van der Waals surface area (Å²) in [7, 11) is 0. The zero-order valence-corrected chi connectivity index (χ0v) is 9.92. The van der Waals surface area contributed by atoms with Crippen molar-refractivity contribution in [2.75, 3.05) is 11.1 Å². The van der Waals surface area contributed by atoms with Gasteiger partial charge in [0.05, 0.1) is 5.69 Å².